The van der Waals surface area contributed by atoms with E-state index in [2.05, 4.69) is 0 Å². The van der Waals surface area contributed by atoms with Crippen molar-refractivity contribution in [2.75, 3.05) is 6.16 Å². The van der Waals surface area contributed by atoms with Gasteiger partial charge in [-0.05, 0) is 29.8 Å². The van der Waals surface area contributed by atoms with Gasteiger partial charge in [0.05, 0.1) is 6.10 Å². The monoisotopic (exact) mass is 354 g/mol. The smallest absolute Gasteiger partial charge is 0.416 e. The molecule has 0 saturated carbocycles. The first-order chi connectivity index (χ1) is 12.1. The average Bonchev–Trinajstić information content (AvgIpc) is 2.64. The van der Waals surface area contributed by atoms with E-state index in [1.165, 1.54) is 0 Å². The molecule has 0 spiro atoms. The van der Waals surface area contributed by atoms with E-state index in [1.54, 1.807) is 60.7 Å². The highest BCUT2D eigenvalue weighted by Gasteiger charge is 2.32. The Labute approximate surface area is 147 Å². The molecule has 1 atom stereocenters. The van der Waals surface area contributed by atoms with Gasteiger partial charge in [-0.2, -0.15) is 0 Å². The zero-order chi connectivity index (χ0) is 17.5. The van der Waals surface area contributed by atoms with Crippen molar-refractivity contribution in [2.45, 2.75) is 6.10 Å². The van der Waals surface area contributed by atoms with E-state index < -0.39 is 13.7 Å². The third-order valence-corrected chi connectivity index (χ3v) is 5.33. The molecule has 0 heterocycles. The molecule has 1 N–H and O–H groups in total. The third-order valence-electron chi connectivity index (χ3n) is 3.56. The molecule has 3 aromatic carbocycles. The summed E-state index contributed by atoms with van der Waals surface area (Å²) in [4.78, 5) is 0. The van der Waals surface area contributed by atoms with Crippen LogP contribution < -0.4 is 9.05 Å². The van der Waals surface area contributed by atoms with Crippen molar-refractivity contribution in [3.63, 3.8) is 0 Å². The van der Waals surface area contributed by atoms with E-state index in [-0.39, 0.29) is 6.16 Å². The van der Waals surface area contributed by atoms with Crippen molar-refractivity contribution < 1.29 is 18.7 Å². The normalized spacial score (nSPS) is 12.4. The van der Waals surface area contributed by atoms with Crippen molar-refractivity contribution >= 4 is 7.60 Å². The lowest BCUT2D eigenvalue weighted by Crippen LogP contribution is -2.12. The van der Waals surface area contributed by atoms with Crippen LogP contribution >= 0.6 is 7.60 Å². The first-order valence-electron chi connectivity index (χ1n) is 7.96. The largest absolute Gasteiger partial charge is 0.433 e. The number of aliphatic hydroxyl groups excluding tert-OH is 1. The van der Waals surface area contributed by atoms with Crippen LogP contribution in [-0.4, -0.2) is 11.3 Å². The SMILES string of the molecule is O=P(C[C@@H](O)c1ccccc1)(Oc1ccccc1)Oc1ccccc1. The summed E-state index contributed by atoms with van der Waals surface area (Å²) >= 11 is 0. The molecule has 3 aromatic rings. The van der Waals surface area contributed by atoms with Gasteiger partial charge < -0.3 is 14.2 Å². The minimum Gasteiger partial charge on any atom is -0.416 e. The zero-order valence-electron chi connectivity index (χ0n) is 13.6. The lowest BCUT2D eigenvalue weighted by molar-refractivity contribution is 0.194. The molecule has 0 aliphatic heterocycles. The molecule has 0 radical (unpaired) electrons. The van der Waals surface area contributed by atoms with Gasteiger partial charge in [0.2, 0.25) is 0 Å². The van der Waals surface area contributed by atoms with Crippen molar-refractivity contribution in [2.24, 2.45) is 0 Å². The van der Waals surface area contributed by atoms with E-state index in [1.807, 2.05) is 30.3 Å². The first-order valence-corrected chi connectivity index (χ1v) is 9.69. The van der Waals surface area contributed by atoms with Crippen LogP contribution in [0.3, 0.4) is 0 Å². The summed E-state index contributed by atoms with van der Waals surface area (Å²) in [5.74, 6) is 0.865. The van der Waals surface area contributed by atoms with Crippen LogP contribution in [0.4, 0.5) is 0 Å². The predicted molar refractivity (Wildman–Crippen MR) is 98.0 cm³/mol. The summed E-state index contributed by atoms with van der Waals surface area (Å²) < 4.78 is 24.7. The summed E-state index contributed by atoms with van der Waals surface area (Å²) in [6, 6.07) is 26.7. The number of para-hydroxylation sites is 2. The Balaban J connectivity index is 1.84. The summed E-state index contributed by atoms with van der Waals surface area (Å²) in [7, 11) is -3.63. The number of hydrogen-bond donors (Lipinski definition) is 1. The fourth-order valence-corrected chi connectivity index (χ4v) is 4.08. The molecule has 128 valence electrons. The average molecular weight is 354 g/mol. The Kier molecular flexibility index (Phi) is 5.54. The molecule has 25 heavy (non-hydrogen) atoms. The maximum absolute atomic E-state index is 13.3. The molecule has 4 nitrogen and oxygen atoms in total. The standard InChI is InChI=1S/C20H19O4P/c21-20(17-10-4-1-5-11-17)16-25(22,23-18-12-6-2-7-13-18)24-19-14-8-3-9-15-19/h1-15,20-21H,16H2/t20-/m1/s1. The summed E-state index contributed by atoms with van der Waals surface area (Å²) in [5, 5.41) is 10.5. The Morgan fingerprint density at radius 1 is 0.720 bits per heavy atom. The topological polar surface area (TPSA) is 55.8 Å². The second-order valence-corrected chi connectivity index (χ2v) is 7.48. The van der Waals surface area contributed by atoms with E-state index in [0.29, 0.717) is 17.1 Å². The number of aliphatic hydroxyl groups is 1. The second-order valence-electron chi connectivity index (χ2n) is 5.53. The van der Waals surface area contributed by atoms with Gasteiger partial charge in [-0.25, -0.2) is 4.57 Å². The Bertz CT molecular complexity index is 777. The van der Waals surface area contributed by atoms with Crippen LogP contribution in [0.1, 0.15) is 11.7 Å². The molecule has 0 saturated heterocycles. The fourth-order valence-electron chi connectivity index (χ4n) is 2.37. The molecule has 0 aliphatic carbocycles. The molecule has 0 fully saturated rings. The Morgan fingerprint density at radius 2 is 1.12 bits per heavy atom. The Hall–Kier alpha value is -2.55. The molecule has 3 rings (SSSR count). The minimum absolute atomic E-state index is 0.152. The van der Waals surface area contributed by atoms with E-state index >= 15 is 0 Å². The summed E-state index contributed by atoms with van der Waals surface area (Å²) in [6.45, 7) is 0. The van der Waals surface area contributed by atoms with Gasteiger partial charge in [-0.3, -0.25) is 0 Å². The van der Waals surface area contributed by atoms with Crippen LogP contribution in [-0.2, 0) is 4.57 Å². The molecular formula is C20H19O4P. The van der Waals surface area contributed by atoms with Crippen LogP contribution in [0.5, 0.6) is 11.5 Å². The molecular weight excluding hydrogens is 335 g/mol. The van der Waals surface area contributed by atoms with Gasteiger partial charge in [0.1, 0.15) is 17.7 Å². The Morgan fingerprint density at radius 3 is 1.56 bits per heavy atom. The minimum atomic E-state index is -3.63. The highest BCUT2D eigenvalue weighted by molar-refractivity contribution is 7.54. The van der Waals surface area contributed by atoms with Crippen LogP contribution in [0.15, 0.2) is 91.0 Å². The maximum atomic E-state index is 13.3. The van der Waals surface area contributed by atoms with Gasteiger partial charge in [0.15, 0.2) is 0 Å². The summed E-state index contributed by atoms with van der Waals surface area (Å²) in [6.07, 6.45) is -1.11. The van der Waals surface area contributed by atoms with Gasteiger partial charge >= 0.3 is 7.60 Å². The maximum Gasteiger partial charge on any atom is 0.433 e. The van der Waals surface area contributed by atoms with Crippen molar-refractivity contribution in [3.8, 4) is 11.5 Å². The van der Waals surface area contributed by atoms with Crippen molar-refractivity contribution in [3.05, 3.63) is 96.6 Å². The summed E-state index contributed by atoms with van der Waals surface area (Å²) in [5.41, 5.74) is 0.663. The quantitative estimate of drug-likeness (QED) is 0.602. The van der Waals surface area contributed by atoms with Crippen LogP contribution in [0.2, 0.25) is 0 Å². The molecule has 0 aliphatic rings. The molecule has 0 bridgehead atoms. The second kappa shape index (κ2) is 8.02. The van der Waals surface area contributed by atoms with Gasteiger partial charge in [-0.1, -0.05) is 66.7 Å². The highest BCUT2D eigenvalue weighted by atomic mass is 31.2. The van der Waals surface area contributed by atoms with Crippen molar-refractivity contribution in [1.82, 2.24) is 0 Å². The van der Waals surface area contributed by atoms with E-state index in [0.717, 1.165) is 0 Å². The van der Waals surface area contributed by atoms with E-state index in [9.17, 15) is 9.67 Å². The van der Waals surface area contributed by atoms with Crippen LogP contribution in [0, 0.1) is 0 Å². The first kappa shape index (κ1) is 17.3. The highest BCUT2D eigenvalue weighted by Crippen LogP contribution is 2.50. The van der Waals surface area contributed by atoms with Crippen LogP contribution in [0.25, 0.3) is 0 Å². The lowest BCUT2D eigenvalue weighted by atomic mass is 10.1. The van der Waals surface area contributed by atoms with E-state index in [4.69, 9.17) is 9.05 Å². The van der Waals surface area contributed by atoms with Gasteiger partial charge in [0, 0.05) is 0 Å². The van der Waals surface area contributed by atoms with Gasteiger partial charge in [0.25, 0.3) is 0 Å². The number of rotatable bonds is 7. The molecule has 0 unspecified atom stereocenters. The fraction of sp³-hybridized carbons (Fsp3) is 0.100. The predicted octanol–water partition coefficient (Wildman–Crippen LogP) is 5.07. The number of hydrogen-bond acceptors (Lipinski definition) is 4. The zero-order valence-corrected chi connectivity index (χ0v) is 14.5. The van der Waals surface area contributed by atoms with Gasteiger partial charge in [-0.15, -0.1) is 0 Å². The number of benzene rings is 3. The molecule has 0 amide bonds. The third kappa shape index (κ3) is 4.96. The molecule has 5 heteroatoms. The lowest BCUT2D eigenvalue weighted by Gasteiger charge is -2.22. The molecule has 0 aromatic heterocycles. The van der Waals surface area contributed by atoms with Crippen molar-refractivity contribution in [1.29, 1.82) is 0 Å².